The number of hydrogen-bond acceptors (Lipinski definition) is 4. The minimum Gasteiger partial charge on any atom is -0.478 e. The van der Waals surface area contributed by atoms with Crippen molar-refractivity contribution in [1.82, 2.24) is 10.3 Å². The van der Waals surface area contributed by atoms with E-state index in [-0.39, 0.29) is 17.5 Å². The third kappa shape index (κ3) is 3.20. The lowest BCUT2D eigenvalue weighted by atomic mass is 10.2. The third-order valence-corrected chi connectivity index (χ3v) is 3.59. The number of carbonyl (C=O) groups is 2. The first-order chi connectivity index (χ1) is 8.15. The van der Waals surface area contributed by atoms with E-state index in [1.807, 2.05) is 0 Å². The second-order valence-corrected chi connectivity index (χ2v) is 4.84. The molecule has 1 aromatic rings. The van der Waals surface area contributed by atoms with Crippen LogP contribution in [0.15, 0.2) is 23.4 Å². The molecule has 1 fully saturated rings. The van der Waals surface area contributed by atoms with Crippen molar-refractivity contribution < 1.29 is 14.7 Å². The van der Waals surface area contributed by atoms with E-state index in [9.17, 15) is 9.59 Å². The molecule has 17 heavy (non-hydrogen) atoms. The first kappa shape index (κ1) is 11.9. The van der Waals surface area contributed by atoms with Crippen molar-refractivity contribution in [1.29, 1.82) is 0 Å². The molecule has 5 nitrogen and oxygen atoms in total. The number of aromatic carboxylic acids is 1. The van der Waals surface area contributed by atoms with E-state index in [1.165, 1.54) is 24.0 Å². The number of pyridine rings is 1. The van der Waals surface area contributed by atoms with Crippen molar-refractivity contribution >= 4 is 23.6 Å². The summed E-state index contributed by atoms with van der Waals surface area (Å²) in [5.41, 5.74) is 0.234. The summed E-state index contributed by atoms with van der Waals surface area (Å²) in [5, 5.41) is 12.4. The zero-order valence-corrected chi connectivity index (χ0v) is 9.87. The molecule has 1 saturated heterocycles. The van der Waals surface area contributed by atoms with Gasteiger partial charge < -0.3 is 10.4 Å². The Morgan fingerprint density at radius 3 is 3.12 bits per heavy atom. The lowest BCUT2D eigenvalue weighted by Gasteiger charge is -2.08. The highest BCUT2D eigenvalue weighted by atomic mass is 32.2. The Labute approximate surface area is 103 Å². The molecule has 2 heterocycles. The van der Waals surface area contributed by atoms with Crippen molar-refractivity contribution in [3.8, 4) is 0 Å². The third-order valence-electron chi connectivity index (χ3n) is 2.50. The molecule has 1 aliphatic rings. The molecule has 6 heteroatoms. The lowest BCUT2D eigenvalue weighted by Crippen LogP contribution is -2.27. The number of carboxylic acid groups (broad SMARTS) is 1. The summed E-state index contributed by atoms with van der Waals surface area (Å²) < 4.78 is 0. The fourth-order valence-corrected chi connectivity index (χ4v) is 2.58. The Hall–Kier alpha value is -1.56. The first-order valence-corrected chi connectivity index (χ1v) is 6.25. The van der Waals surface area contributed by atoms with E-state index in [2.05, 4.69) is 10.3 Å². The van der Waals surface area contributed by atoms with Crippen LogP contribution in [0.5, 0.6) is 0 Å². The predicted octanol–water partition coefficient (Wildman–Crippen LogP) is 1.15. The van der Waals surface area contributed by atoms with Crippen LogP contribution in [0.2, 0.25) is 0 Å². The quantitative estimate of drug-likeness (QED) is 0.786. The Morgan fingerprint density at radius 1 is 1.65 bits per heavy atom. The highest BCUT2D eigenvalue weighted by Crippen LogP contribution is 2.20. The Kier molecular flexibility index (Phi) is 3.63. The molecule has 0 aliphatic carbocycles. The molecule has 1 amide bonds. The first-order valence-electron chi connectivity index (χ1n) is 5.26. The maximum atomic E-state index is 11.0. The topological polar surface area (TPSA) is 79.3 Å². The van der Waals surface area contributed by atoms with Crippen LogP contribution in [0.25, 0.3) is 0 Å². The number of rotatable bonds is 4. The molecule has 90 valence electrons. The van der Waals surface area contributed by atoms with Gasteiger partial charge in [0.15, 0.2) is 0 Å². The number of carboxylic acids is 1. The van der Waals surface area contributed by atoms with Gasteiger partial charge in [-0.3, -0.25) is 4.79 Å². The van der Waals surface area contributed by atoms with Crippen molar-refractivity contribution in [2.75, 3.05) is 5.75 Å². The van der Waals surface area contributed by atoms with Crippen LogP contribution in [0, 0.1) is 0 Å². The fourth-order valence-electron chi connectivity index (χ4n) is 1.61. The van der Waals surface area contributed by atoms with Gasteiger partial charge in [0.2, 0.25) is 5.91 Å². The largest absolute Gasteiger partial charge is 0.478 e. The van der Waals surface area contributed by atoms with Crippen molar-refractivity contribution in [2.24, 2.45) is 0 Å². The predicted molar refractivity (Wildman–Crippen MR) is 63.1 cm³/mol. The number of thioether (sulfide) groups is 1. The van der Waals surface area contributed by atoms with Gasteiger partial charge in [0.05, 0.1) is 10.6 Å². The van der Waals surface area contributed by atoms with Crippen LogP contribution < -0.4 is 5.32 Å². The maximum absolute atomic E-state index is 11.0. The van der Waals surface area contributed by atoms with Gasteiger partial charge in [-0.15, -0.1) is 11.8 Å². The fraction of sp³-hybridized carbons (Fsp3) is 0.364. The number of hydrogen-bond donors (Lipinski definition) is 2. The Bertz CT molecular complexity index is 450. The minimum absolute atomic E-state index is 0.0860. The summed E-state index contributed by atoms with van der Waals surface area (Å²) in [4.78, 5) is 25.8. The standard InChI is InChI=1S/C11H12N2O3S/c14-9-2-1-8(13-9)6-17-10-5-7(11(15)16)3-4-12-10/h3-5,8H,1-2,6H2,(H,13,14)(H,15,16). The van der Waals surface area contributed by atoms with Gasteiger partial charge in [0.1, 0.15) is 0 Å². The molecular formula is C11H12N2O3S. The zero-order valence-electron chi connectivity index (χ0n) is 9.05. The van der Waals surface area contributed by atoms with E-state index < -0.39 is 5.97 Å². The van der Waals surface area contributed by atoms with E-state index in [0.29, 0.717) is 11.4 Å². The van der Waals surface area contributed by atoms with Gasteiger partial charge in [-0.1, -0.05) is 0 Å². The number of aromatic nitrogens is 1. The normalized spacial score (nSPS) is 19.1. The van der Waals surface area contributed by atoms with Crippen LogP contribution >= 0.6 is 11.8 Å². The number of amides is 1. The van der Waals surface area contributed by atoms with E-state index in [4.69, 9.17) is 5.11 Å². The molecule has 1 aliphatic heterocycles. The van der Waals surface area contributed by atoms with Gasteiger partial charge in [-0.05, 0) is 18.6 Å². The summed E-state index contributed by atoms with van der Waals surface area (Å²) >= 11 is 1.46. The van der Waals surface area contributed by atoms with Crippen LogP contribution in [-0.4, -0.2) is 33.8 Å². The van der Waals surface area contributed by atoms with Gasteiger partial charge in [0.25, 0.3) is 0 Å². The molecular weight excluding hydrogens is 240 g/mol. The summed E-state index contributed by atoms with van der Waals surface area (Å²) in [6, 6.07) is 3.18. The number of nitrogens with zero attached hydrogens (tertiary/aromatic N) is 1. The molecule has 0 spiro atoms. The highest BCUT2D eigenvalue weighted by Gasteiger charge is 2.20. The Balaban J connectivity index is 1.92. The second-order valence-electron chi connectivity index (χ2n) is 3.80. The van der Waals surface area contributed by atoms with E-state index >= 15 is 0 Å². The van der Waals surface area contributed by atoms with Crippen LogP contribution in [0.1, 0.15) is 23.2 Å². The molecule has 0 aromatic carbocycles. The van der Waals surface area contributed by atoms with Gasteiger partial charge in [0, 0.05) is 24.4 Å². The average molecular weight is 252 g/mol. The summed E-state index contributed by atoms with van der Waals surface area (Å²) in [6.07, 6.45) is 2.90. The summed E-state index contributed by atoms with van der Waals surface area (Å²) in [5.74, 6) is -0.145. The second kappa shape index (κ2) is 5.18. The molecule has 2 rings (SSSR count). The molecule has 1 atom stereocenters. The monoisotopic (exact) mass is 252 g/mol. The van der Waals surface area contributed by atoms with Crippen molar-refractivity contribution in [2.45, 2.75) is 23.9 Å². The molecule has 0 bridgehead atoms. The summed E-state index contributed by atoms with van der Waals surface area (Å²) in [7, 11) is 0. The molecule has 0 saturated carbocycles. The van der Waals surface area contributed by atoms with E-state index in [0.717, 1.165) is 12.2 Å². The molecule has 2 N–H and O–H groups in total. The van der Waals surface area contributed by atoms with Gasteiger partial charge in [-0.25, -0.2) is 9.78 Å². The van der Waals surface area contributed by atoms with Gasteiger partial charge in [-0.2, -0.15) is 0 Å². The van der Waals surface area contributed by atoms with E-state index in [1.54, 1.807) is 6.07 Å². The average Bonchev–Trinajstić information content (AvgIpc) is 2.73. The SMILES string of the molecule is O=C1CCC(CSc2cc(C(=O)O)ccn2)N1. The van der Waals surface area contributed by atoms with Gasteiger partial charge >= 0.3 is 5.97 Å². The number of carbonyl (C=O) groups excluding carboxylic acids is 1. The van der Waals surface area contributed by atoms with Crippen LogP contribution in [0.4, 0.5) is 0 Å². The highest BCUT2D eigenvalue weighted by molar-refractivity contribution is 7.99. The Morgan fingerprint density at radius 2 is 2.47 bits per heavy atom. The smallest absolute Gasteiger partial charge is 0.335 e. The maximum Gasteiger partial charge on any atom is 0.335 e. The summed E-state index contributed by atoms with van der Waals surface area (Å²) in [6.45, 7) is 0. The molecule has 1 unspecified atom stereocenters. The number of nitrogens with one attached hydrogen (secondary N) is 1. The van der Waals surface area contributed by atoms with Crippen molar-refractivity contribution in [3.63, 3.8) is 0 Å². The van der Waals surface area contributed by atoms with Crippen LogP contribution in [0.3, 0.4) is 0 Å². The lowest BCUT2D eigenvalue weighted by molar-refractivity contribution is -0.119. The zero-order chi connectivity index (χ0) is 12.3. The molecule has 0 radical (unpaired) electrons. The van der Waals surface area contributed by atoms with Crippen molar-refractivity contribution in [3.05, 3.63) is 23.9 Å². The van der Waals surface area contributed by atoms with Crippen LogP contribution in [-0.2, 0) is 4.79 Å². The molecule has 1 aromatic heterocycles. The minimum atomic E-state index is -0.955.